The Labute approximate surface area is 132 Å². The molecule has 1 heterocycles. The second-order valence-electron chi connectivity index (χ2n) is 4.49. The van der Waals surface area contributed by atoms with E-state index >= 15 is 0 Å². The molecule has 5 heteroatoms. The fourth-order valence-electron chi connectivity index (χ4n) is 2.01. The average Bonchev–Trinajstić information content (AvgIpc) is 2.50. The zero-order chi connectivity index (χ0) is 14.8. The summed E-state index contributed by atoms with van der Waals surface area (Å²) >= 11 is 12.2. The van der Waals surface area contributed by atoms with Crippen LogP contribution in [0.3, 0.4) is 0 Å². The molecular formula is C16H11Cl2N3. The number of nitrogens with zero attached hydrogens (tertiary/aromatic N) is 2. The highest BCUT2D eigenvalue weighted by Crippen LogP contribution is 2.30. The number of aromatic nitrogens is 2. The lowest BCUT2D eigenvalue weighted by molar-refractivity contribution is 1.19. The third kappa shape index (κ3) is 2.99. The van der Waals surface area contributed by atoms with Crippen molar-refractivity contribution in [2.45, 2.75) is 0 Å². The van der Waals surface area contributed by atoms with Crippen molar-refractivity contribution >= 4 is 29.0 Å². The maximum atomic E-state index is 6.20. The van der Waals surface area contributed by atoms with Crippen LogP contribution in [0.15, 0.2) is 54.6 Å². The summed E-state index contributed by atoms with van der Waals surface area (Å²) in [6.07, 6.45) is 0. The minimum absolute atomic E-state index is 0.384. The molecule has 104 valence electrons. The molecule has 0 aliphatic carbocycles. The molecule has 2 aromatic carbocycles. The van der Waals surface area contributed by atoms with Crippen LogP contribution in [0.4, 0.5) is 5.82 Å². The Balaban J connectivity index is 2.16. The van der Waals surface area contributed by atoms with E-state index in [2.05, 4.69) is 9.97 Å². The van der Waals surface area contributed by atoms with E-state index in [-0.39, 0.29) is 0 Å². The lowest BCUT2D eigenvalue weighted by atomic mass is 10.1. The van der Waals surface area contributed by atoms with Crippen LogP contribution in [0, 0.1) is 0 Å². The van der Waals surface area contributed by atoms with Crippen molar-refractivity contribution in [1.29, 1.82) is 0 Å². The third-order valence-corrected chi connectivity index (χ3v) is 3.55. The van der Waals surface area contributed by atoms with E-state index in [4.69, 9.17) is 28.9 Å². The van der Waals surface area contributed by atoms with Crippen molar-refractivity contribution in [3.8, 4) is 22.6 Å². The van der Waals surface area contributed by atoms with E-state index in [0.29, 0.717) is 27.3 Å². The van der Waals surface area contributed by atoms with Crippen LogP contribution in [-0.4, -0.2) is 9.97 Å². The molecule has 3 aromatic rings. The van der Waals surface area contributed by atoms with Crippen LogP contribution in [0.2, 0.25) is 10.0 Å². The van der Waals surface area contributed by atoms with E-state index < -0.39 is 0 Å². The highest BCUT2D eigenvalue weighted by atomic mass is 35.5. The van der Waals surface area contributed by atoms with Gasteiger partial charge in [-0.3, -0.25) is 0 Å². The molecule has 0 aliphatic heterocycles. The van der Waals surface area contributed by atoms with Crippen LogP contribution in [-0.2, 0) is 0 Å². The zero-order valence-electron chi connectivity index (χ0n) is 10.9. The first-order valence-corrected chi connectivity index (χ1v) is 7.04. The summed E-state index contributed by atoms with van der Waals surface area (Å²) in [6, 6.07) is 16.7. The number of nitrogens with two attached hydrogens (primary N) is 1. The fourth-order valence-corrected chi connectivity index (χ4v) is 2.39. The second-order valence-corrected chi connectivity index (χ2v) is 5.34. The Morgan fingerprint density at radius 2 is 1.62 bits per heavy atom. The molecule has 0 atom stereocenters. The minimum atomic E-state index is 0.384. The van der Waals surface area contributed by atoms with Gasteiger partial charge in [0.2, 0.25) is 0 Å². The van der Waals surface area contributed by atoms with Crippen molar-refractivity contribution in [3.63, 3.8) is 0 Å². The number of hydrogen-bond donors (Lipinski definition) is 1. The molecule has 0 amide bonds. The van der Waals surface area contributed by atoms with Crippen LogP contribution in [0.25, 0.3) is 22.6 Å². The highest BCUT2D eigenvalue weighted by Gasteiger charge is 2.11. The lowest BCUT2D eigenvalue weighted by Gasteiger charge is -2.08. The van der Waals surface area contributed by atoms with Gasteiger partial charge in [-0.05, 0) is 18.2 Å². The Bertz CT molecular complexity index is 789. The van der Waals surface area contributed by atoms with Gasteiger partial charge >= 0.3 is 0 Å². The number of rotatable bonds is 2. The second kappa shape index (κ2) is 5.72. The van der Waals surface area contributed by atoms with Gasteiger partial charge in [0.25, 0.3) is 0 Å². The number of anilines is 1. The Kier molecular flexibility index (Phi) is 3.78. The smallest absolute Gasteiger partial charge is 0.163 e. The molecule has 0 aliphatic rings. The van der Waals surface area contributed by atoms with Crippen LogP contribution < -0.4 is 5.73 Å². The maximum absolute atomic E-state index is 6.20. The molecule has 3 nitrogen and oxygen atoms in total. The van der Waals surface area contributed by atoms with Gasteiger partial charge in [0.15, 0.2) is 5.82 Å². The summed E-state index contributed by atoms with van der Waals surface area (Å²) in [5, 5.41) is 1.10. The first kappa shape index (κ1) is 13.9. The predicted octanol–water partition coefficient (Wildman–Crippen LogP) is 4.70. The molecule has 0 saturated heterocycles. The van der Waals surface area contributed by atoms with E-state index in [1.165, 1.54) is 0 Å². The molecular weight excluding hydrogens is 305 g/mol. The summed E-state index contributed by atoms with van der Waals surface area (Å²) in [6.45, 7) is 0. The van der Waals surface area contributed by atoms with Crippen LogP contribution >= 0.6 is 23.2 Å². The molecule has 0 fully saturated rings. The predicted molar refractivity (Wildman–Crippen MR) is 87.3 cm³/mol. The van der Waals surface area contributed by atoms with Crippen molar-refractivity contribution in [2.24, 2.45) is 0 Å². The van der Waals surface area contributed by atoms with E-state index in [1.807, 2.05) is 30.3 Å². The minimum Gasteiger partial charge on any atom is -0.384 e. The molecule has 0 bridgehead atoms. The van der Waals surface area contributed by atoms with E-state index in [0.717, 1.165) is 11.3 Å². The highest BCUT2D eigenvalue weighted by molar-refractivity contribution is 6.35. The Hall–Kier alpha value is -2.10. The quantitative estimate of drug-likeness (QED) is 0.745. The molecule has 0 unspecified atom stereocenters. The van der Waals surface area contributed by atoms with Gasteiger partial charge in [-0.2, -0.15) is 0 Å². The number of nitrogen functional groups attached to an aromatic ring is 1. The molecule has 2 N–H and O–H groups in total. The average molecular weight is 316 g/mol. The van der Waals surface area contributed by atoms with Gasteiger partial charge in [0.1, 0.15) is 5.82 Å². The Morgan fingerprint density at radius 3 is 2.38 bits per heavy atom. The molecule has 3 rings (SSSR count). The summed E-state index contributed by atoms with van der Waals surface area (Å²) < 4.78 is 0. The van der Waals surface area contributed by atoms with Gasteiger partial charge in [0, 0.05) is 22.2 Å². The summed E-state index contributed by atoms with van der Waals surface area (Å²) in [4.78, 5) is 8.80. The molecule has 0 spiro atoms. The van der Waals surface area contributed by atoms with Crippen molar-refractivity contribution in [1.82, 2.24) is 9.97 Å². The first-order valence-electron chi connectivity index (χ1n) is 6.29. The molecule has 1 aromatic heterocycles. The lowest BCUT2D eigenvalue weighted by Crippen LogP contribution is -1.98. The molecule has 0 radical (unpaired) electrons. The van der Waals surface area contributed by atoms with Crippen molar-refractivity contribution < 1.29 is 0 Å². The standard InChI is InChI=1S/C16H11Cl2N3/c17-11-6-7-13(18)12(8-11)16-20-14(9-15(19)21-16)10-4-2-1-3-5-10/h1-9H,(H2,19,20,21). The van der Waals surface area contributed by atoms with Gasteiger partial charge in [-0.15, -0.1) is 0 Å². The third-order valence-electron chi connectivity index (χ3n) is 2.98. The molecule has 0 saturated carbocycles. The SMILES string of the molecule is Nc1cc(-c2ccccc2)nc(-c2cc(Cl)ccc2Cl)n1. The van der Waals surface area contributed by atoms with Crippen LogP contribution in [0.1, 0.15) is 0 Å². The number of benzene rings is 2. The maximum Gasteiger partial charge on any atom is 0.163 e. The fraction of sp³-hybridized carbons (Fsp3) is 0. The number of hydrogen-bond acceptors (Lipinski definition) is 3. The number of halogens is 2. The monoisotopic (exact) mass is 315 g/mol. The summed E-state index contributed by atoms with van der Waals surface area (Å²) in [5.41, 5.74) is 8.26. The van der Waals surface area contributed by atoms with Gasteiger partial charge in [-0.25, -0.2) is 9.97 Å². The van der Waals surface area contributed by atoms with Gasteiger partial charge < -0.3 is 5.73 Å². The van der Waals surface area contributed by atoms with Crippen LogP contribution in [0.5, 0.6) is 0 Å². The normalized spacial score (nSPS) is 10.6. The van der Waals surface area contributed by atoms with Gasteiger partial charge in [0.05, 0.1) is 10.7 Å². The van der Waals surface area contributed by atoms with Crippen molar-refractivity contribution in [3.05, 3.63) is 64.6 Å². The molecule has 21 heavy (non-hydrogen) atoms. The first-order chi connectivity index (χ1) is 10.1. The van der Waals surface area contributed by atoms with Crippen molar-refractivity contribution in [2.75, 3.05) is 5.73 Å². The van der Waals surface area contributed by atoms with E-state index in [1.54, 1.807) is 24.3 Å². The van der Waals surface area contributed by atoms with E-state index in [9.17, 15) is 0 Å². The Morgan fingerprint density at radius 1 is 0.857 bits per heavy atom. The summed E-state index contributed by atoms with van der Waals surface area (Å²) in [7, 11) is 0. The van der Waals surface area contributed by atoms with Gasteiger partial charge in [-0.1, -0.05) is 53.5 Å². The largest absolute Gasteiger partial charge is 0.384 e. The zero-order valence-corrected chi connectivity index (χ0v) is 12.4. The summed E-state index contributed by atoms with van der Waals surface area (Å²) in [5.74, 6) is 0.844. The topological polar surface area (TPSA) is 51.8 Å².